The molecule has 0 saturated carbocycles. The lowest BCUT2D eigenvalue weighted by Crippen LogP contribution is -2.39. The number of hydrogen-bond acceptors (Lipinski definition) is 9. The van der Waals surface area contributed by atoms with Gasteiger partial charge >= 0.3 is 0 Å². The third kappa shape index (κ3) is 4.34. The summed E-state index contributed by atoms with van der Waals surface area (Å²) in [4.78, 5) is 14.0. The Morgan fingerprint density at radius 3 is 2.66 bits per heavy atom. The number of nitrogens with one attached hydrogen (secondary N) is 1. The minimum Gasteiger partial charge on any atom is -0.454 e. The SMILES string of the molecule is Cc1cc2c(cc1Sc1nc3c(N)ncnc3n1CCCNS(=O)(=O)C(C)(C)C)OCO2. The summed E-state index contributed by atoms with van der Waals surface area (Å²) in [5.74, 6) is 1.71. The Bertz CT molecular complexity index is 1270. The van der Waals surface area contributed by atoms with Gasteiger partial charge in [0.15, 0.2) is 33.6 Å². The normalized spacial score (nSPS) is 13.8. The van der Waals surface area contributed by atoms with E-state index < -0.39 is 14.8 Å². The molecule has 0 unspecified atom stereocenters. The fourth-order valence-corrected chi connectivity index (χ4v) is 4.96. The van der Waals surface area contributed by atoms with Crippen molar-refractivity contribution in [2.45, 2.75) is 55.5 Å². The second kappa shape index (κ2) is 8.41. The Balaban J connectivity index is 1.59. The molecule has 0 aliphatic carbocycles. The molecule has 0 spiro atoms. The molecule has 1 aromatic carbocycles. The van der Waals surface area contributed by atoms with E-state index in [-0.39, 0.29) is 6.79 Å². The first-order chi connectivity index (χ1) is 15.1. The molecule has 0 radical (unpaired) electrons. The van der Waals surface area contributed by atoms with Crippen LogP contribution in [-0.4, -0.2) is 46.0 Å². The van der Waals surface area contributed by atoms with Crippen LogP contribution in [-0.2, 0) is 16.6 Å². The highest BCUT2D eigenvalue weighted by atomic mass is 32.2. The number of aryl methyl sites for hydroxylation is 2. The Labute approximate surface area is 191 Å². The van der Waals surface area contributed by atoms with Gasteiger partial charge in [-0.05, 0) is 51.8 Å². The Morgan fingerprint density at radius 2 is 1.94 bits per heavy atom. The van der Waals surface area contributed by atoms with Crippen LogP contribution in [0.15, 0.2) is 28.5 Å². The summed E-state index contributed by atoms with van der Waals surface area (Å²) in [5.41, 5.74) is 8.18. The highest BCUT2D eigenvalue weighted by molar-refractivity contribution is 7.99. The number of imidazole rings is 1. The number of nitrogen functional groups attached to an aromatic ring is 1. The van der Waals surface area contributed by atoms with Gasteiger partial charge in [0.1, 0.15) is 6.33 Å². The topological polar surface area (TPSA) is 134 Å². The van der Waals surface area contributed by atoms with Crippen LogP contribution < -0.4 is 19.9 Å². The van der Waals surface area contributed by atoms with Crippen LogP contribution in [0.25, 0.3) is 11.2 Å². The van der Waals surface area contributed by atoms with Gasteiger partial charge in [-0.15, -0.1) is 0 Å². The molecule has 3 heterocycles. The maximum atomic E-state index is 12.3. The third-order valence-corrected chi connectivity index (χ3v) is 8.40. The monoisotopic (exact) mass is 478 g/mol. The average molecular weight is 479 g/mol. The number of aromatic nitrogens is 4. The van der Waals surface area contributed by atoms with Crippen molar-refractivity contribution in [2.24, 2.45) is 0 Å². The molecule has 0 bridgehead atoms. The maximum absolute atomic E-state index is 12.3. The number of benzene rings is 1. The van der Waals surface area contributed by atoms with Crippen molar-refractivity contribution >= 4 is 38.8 Å². The second-order valence-corrected chi connectivity index (χ2v) is 11.9. The lowest BCUT2D eigenvalue weighted by molar-refractivity contribution is 0.174. The van der Waals surface area contributed by atoms with Gasteiger partial charge in [-0.2, -0.15) is 0 Å². The van der Waals surface area contributed by atoms with Gasteiger partial charge in [-0.1, -0.05) is 11.8 Å². The predicted octanol–water partition coefficient (Wildman–Crippen LogP) is 2.70. The largest absolute Gasteiger partial charge is 0.454 e. The average Bonchev–Trinajstić information content (AvgIpc) is 3.29. The molecule has 0 amide bonds. The number of nitrogens with two attached hydrogens (primary N) is 1. The van der Waals surface area contributed by atoms with Crippen molar-refractivity contribution in [3.05, 3.63) is 24.0 Å². The molecule has 12 heteroatoms. The smallest absolute Gasteiger partial charge is 0.231 e. The zero-order valence-corrected chi connectivity index (χ0v) is 20.0. The van der Waals surface area contributed by atoms with E-state index >= 15 is 0 Å². The maximum Gasteiger partial charge on any atom is 0.231 e. The van der Waals surface area contributed by atoms with E-state index in [0.29, 0.717) is 47.4 Å². The van der Waals surface area contributed by atoms with Crippen LogP contribution in [0, 0.1) is 6.92 Å². The lowest BCUT2D eigenvalue weighted by Gasteiger charge is -2.19. The summed E-state index contributed by atoms with van der Waals surface area (Å²) < 4.78 is 39.3. The van der Waals surface area contributed by atoms with Gasteiger partial charge in [-0.3, -0.25) is 0 Å². The van der Waals surface area contributed by atoms with E-state index in [1.165, 1.54) is 18.1 Å². The first-order valence-corrected chi connectivity index (χ1v) is 12.4. The molecule has 4 rings (SSSR count). The van der Waals surface area contributed by atoms with Gasteiger partial charge in [0, 0.05) is 18.0 Å². The van der Waals surface area contributed by atoms with Crippen molar-refractivity contribution < 1.29 is 17.9 Å². The van der Waals surface area contributed by atoms with Crippen LogP contribution >= 0.6 is 11.8 Å². The summed E-state index contributed by atoms with van der Waals surface area (Å²) >= 11 is 1.46. The van der Waals surface area contributed by atoms with Crippen molar-refractivity contribution in [3.8, 4) is 11.5 Å². The molecule has 10 nitrogen and oxygen atoms in total. The molecule has 0 fully saturated rings. The molecule has 172 valence electrons. The van der Waals surface area contributed by atoms with E-state index in [0.717, 1.165) is 16.2 Å². The minimum atomic E-state index is -3.41. The summed E-state index contributed by atoms with van der Waals surface area (Å²) in [5, 5.41) is 0.688. The van der Waals surface area contributed by atoms with Crippen LogP contribution in [0.2, 0.25) is 0 Å². The van der Waals surface area contributed by atoms with E-state index in [1.807, 2.05) is 23.6 Å². The van der Waals surface area contributed by atoms with Crippen molar-refractivity contribution in [2.75, 3.05) is 19.1 Å². The van der Waals surface area contributed by atoms with Gasteiger partial charge in [0.2, 0.25) is 16.8 Å². The zero-order valence-electron chi connectivity index (χ0n) is 18.4. The standard InChI is InChI=1S/C20H26N6O4S2/c1-12-8-13-14(30-11-29-13)9-15(12)31-19-25-16-17(21)22-10-23-18(16)26(19)7-5-6-24-32(27,28)20(2,3)4/h8-10,24H,5-7,11H2,1-4H3,(H2,21,22,23). The molecule has 0 saturated heterocycles. The summed E-state index contributed by atoms with van der Waals surface area (Å²) in [6.45, 7) is 8.01. The number of ether oxygens (including phenoxy) is 2. The van der Waals surface area contributed by atoms with Crippen LogP contribution in [0.5, 0.6) is 11.5 Å². The lowest BCUT2D eigenvalue weighted by atomic mass is 10.2. The molecule has 3 N–H and O–H groups in total. The predicted molar refractivity (Wildman–Crippen MR) is 122 cm³/mol. The number of hydrogen-bond donors (Lipinski definition) is 2. The molecular formula is C20H26N6O4S2. The molecule has 0 atom stereocenters. The molecular weight excluding hydrogens is 452 g/mol. The fourth-order valence-electron chi connectivity index (χ4n) is 3.11. The molecule has 1 aliphatic rings. The number of nitrogens with zero attached hydrogens (tertiary/aromatic N) is 4. The Kier molecular flexibility index (Phi) is 5.94. The van der Waals surface area contributed by atoms with Gasteiger partial charge in [0.05, 0.1) is 4.75 Å². The van der Waals surface area contributed by atoms with Crippen LogP contribution in [0.3, 0.4) is 0 Å². The van der Waals surface area contributed by atoms with Gasteiger partial charge in [0.25, 0.3) is 0 Å². The minimum absolute atomic E-state index is 0.206. The third-order valence-electron chi connectivity index (χ3n) is 5.05. The number of fused-ring (bicyclic) bond motifs is 2. The number of anilines is 1. The summed E-state index contributed by atoms with van der Waals surface area (Å²) in [6.07, 6.45) is 1.96. The van der Waals surface area contributed by atoms with Gasteiger partial charge < -0.3 is 19.8 Å². The molecule has 3 aromatic rings. The van der Waals surface area contributed by atoms with E-state index in [4.69, 9.17) is 15.2 Å². The van der Waals surface area contributed by atoms with Crippen LogP contribution in [0.4, 0.5) is 5.82 Å². The van der Waals surface area contributed by atoms with Gasteiger partial charge in [-0.25, -0.2) is 28.1 Å². The molecule has 2 aromatic heterocycles. The van der Waals surface area contributed by atoms with Crippen molar-refractivity contribution in [1.82, 2.24) is 24.2 Å². The second-order valence-electron chi connectivity index (χ2n) is 8.41. The number of sulfonamides is 1. The van der Waals surface area contributed by atoms with E-state index in [1.54, 1.807) is 20.8 Å². The van der Waals surface area contributed by atoms with Crippen molar-refractivity contribution in [1.29, 1.82) is 0 Å². The number of rotatable bonds is 7. The Morgan fingerprint density at radius 1 is 1.22 bits per heavy atom. The fraction of sp³-hybridized carbons (Fsp3) is 0.450. The van der Waals surface area contributed by atoms with Crippen molar-refractivity contribution in [3.63, 3.8) is 0 Å². The van der Waals surface area contributed by atoms with E-state index in [9.17, 15) is 8.42 Å². The molecule has 1 aliphatic heterocycles. The van der Waals surface area contributed by atoms with E-state index in [2.05, 4.69) is 19.7 Å². The first kappa shape index (κ1) is 22.6. The highest BCUT2D eigenvalue weighted by Crippen LogP contribution is 2.40. The quantitative estimate of drug-likeness (QED) is 0.491. The first-order valence-electron chi connectivity index (χ1n) is 10.1. The molecule has 32 heavy (non-hydrogen) atoms. The zero-order chi connectivity index (χ0) is 23.1. The highest BCUT2D eigenvalue weighted by Gasteiger charge is 2.28. The summed E-state index contributed by atoms with van der Waals surface area (Å²) in [6, 6.07) is 3.87. The summed E-state index contributed by atoms with van der Waals surface area (Å²) in [7, 11) is -3.41. The Hall–Kier alpha value is -2.57. The van der Waals surface area contributed by atoms with Crippen LogP contribution in [0.1, 0.15) is 32.8 Å².